The van der Waals surface area contributed by atoms with Crippen molar-refractivity contribution in [1.29, 1.82) is 0 Å². The molecule has 0 amide bonds. The Bertz CT molecular complexity index is 315. The molecule has 2 rings (SSSR count). The van der Waals surface area contributed by atoms with Crippen LogP contribution in [0.15, 0.2) is 18.3 Å². The van der Waals surface area contributed by atoms with Crippen LogP contribution in [-0.4, -0.2) is 42.7 Å². The molecule has 0 spiro atoms. The molecule has 0 radical (unpaired) electrons. The summed E-state index contributed by atoms with van der Waals surface area (Å²) in [6.45, 7) is 2.65. The van der Waals surface area contributed by atoms with Crippen molar-refractivity contribution in [3.05, 3.63) is 29.0 Å². The van der Waals surface area contributed by atoms with E-state index in [4.69, 9.17) is 16.3 Å². The molecule has 1 aromatic heterocycles. The van der Waals surface area contributed by atoms with Gasteiger partial charge in [0.2, 0.25) is 0 Å². The molecule has 1 fully saturated rings. The van der Waals surface area contributed by atoms with Crippen molar-refractivity contribution in [2.24, 2.45) is 0 Å². The average Bonchev–Trinajstić information content (AvgIpc) is 2.25. The largest absolute Gasteiger partial charge is 0.378 e. The van der Waals surface area contributed by atoms with Crippen LogP contribution in [-0.2, 0) is 11.2 Å². The fraction of sp³-hybridized carbons (Fsp3) is 0.545. The molecule has 3 nitrogen and oxygen atoms in total. The summed E-state index contributed by atoms with van der Waals surface area (Å²) in [7, 11) is 2.14. The Hall–Kier alpha value is -0.640. The van der Waals surface area contributed by atoms with E-state index in [0.717, 1.165) is 26.2 Å². The molecule has 1 unspecified atom stereocenters. The van der Waals surface area contributed by atoms with Crippen molar-refractivity contribution in [2.75, 3.05) is 26.8 Å². The summed E-state index contributed by atoms with van der Waals surface area (Å²) in [5.41, 5.74) is 1.21. The van der Waals surface area contributed by atoms with Gasteiger partial charge in [-0.2, -0.15) is 0 Å². The average molecular weight is 227 g/mol. The van der Waals surface area contributed by atoms with Crippen LogP contribution in [0.2, 0.25) is 5.15 Å². The zero-order chi connectivity index (χ0) is 10.7. The molecule has 2 heterocycles. The molecule has 1 aliphatic rings. The highest BCUT2D eigenvalue weighted by Gasteiger charge is 2.19. The molecule has 1 saturated heterocycles. The molecule has 1 aromatic rings. The fourth-order valence-electron chi connectivity index (χ4n) is 1.75. The minimum Gasteiger partial charge on any atom is -0.378 e. The van der Waals surface area contributed by atoms with Gasteiger partial charge in [0, 0.05) is 18.8 Å². The van der Waals surface area contributed by atoms with Crippen LogP contribution in [0.3, 0.4) is 0 Å². The third-order valence-electron chi connectivity index (χ3n) is 2.78. The van der Waals surface area contributed by atoms with Crippen molar-refractivity contribution in [3.63, 3.8) is 0 Å². The number of rotatable bonds is 2. The number of hydrogen-bond donors (Lipinski definition) is 0. The van der Waals surface area contributed by atoms with E-state index < -0.39 is 0 Å². The number of aromatic nitrogens is 1. The van der Waals surface area contributed by atoms with E-state index in [0.29, 0.717) is 11.2 Å². The van der Waals surface area contributed by atoms with Gasteiger partial charge in [0.1, 0.15) is 5.15 Å². The monoisotopic (exact) mass is 226 g/mol. The van der Waals surface area contributed by atoms with E-state index in [1.165, 1.54) is 5.56 Å². The maximum Gasteiger partial charge on any atom is 0.129 e. The number of hydrogen-bond acceptors (Lipinski definition) is 3. The number of morpholine rings is 1. The molecule has 0 bridgehead atoms. The van der Waals surface area contributed by atoms with Gasteiger partial charge in [-0.3, -0.25) is 4.90 Å². The highest BCUT2D eigenvalue weighted by molar-refractivity contribution is 6.29. The van der Waals surface area contributed by atoms with Gasteiger partial charge >= 0.3 is 0 Å². The quantitative estimate of drug-likeness (QED) is 0.717. The molecule has 0 aliphatic carbocycles. The van der Waals surface area contributed by atoms with Crippen LogP contribution in [0.25, 0.3) is 0 Å². The van der Waals surface area contributed by atoms with Gasteiger partial charge in [0.15, 0.2) is 0 Å². The van der Waals surface area contributed by atoms with Gasteiger partial charge in [-0.05, 0) is 25.1 Å². The predicted molar refractivity (Wildman–Crippen MR) is 60.2 cm³/mol. The summed E-state index contributed by atoms with van der Waals surface area (Å²) >= 11 is 5.74. The zero-order valence-electron chi connectivity index (χ0n) is 8.82. The SMILES string of the molecule is CN1CCOCC1Cc1ccc(Cl)nc1. The number of likely N-dealkylation sites (N-methyl/N-ethyl adjacent to an activating group) is 1. The second kappa shape index (κ2) is 4.92. The molecule has 0 N–H and O–H groups in total. The van der Waals surface area contributed by atoms with Crippen molar-refractivity contribution >= 4 is 11.6 Å². The summed E-state index contributed by atoms with van der Waals surface area (Å²) in [5.74, 6) is 0. The maximum atomic E-state index is 5.74. The van der Waals surface area contributed by atoms with Gasteiger partial charge in [0.25, 0.3) is 0 Å². The summed E-state index contributed by atoms with van der Waals surface area (Å²) < 4.78 is 5.46. The Morgan fingerprint density at radius 3 is 3.13 bits per heavy atom. The Balaban J connectivity index is 1.98. The lowest BCUT2D eigenvalue weighted by atomic mass is 10.1. The maximum absolute atomic E-state index is 5.74. The fourth-order valence-corrected chi connectivity index (χ4v) is 1.86. The van der Waals surface area contributed by atoms with E-state index >= 15 is 0 Å². The van der Waals surface area contributed by atoms with Crippen LogP contribution < -0.4 is 0 Å². The Morgan fingerprint density at radius 1 is 1.60 bits per heavy atom. The highest BCUT2D eigenvalue weighted by Crippen LogP contribution is 2.12. The first-order valence-corrected chi connectivity index (χ1v) is 5.52. The third-order valence-corrected chi connectivity index (χ3v) is 3.01. The second-order valence-electron chi connectivity index (χ2n) is 3.90. The smallest absolute Gasteiger partial charge is 0.129 e. The molecule has 1 aliphatic heterocycles. The molecule has 1 atom stereocenters. The lowest BCUT2D eigenvalue weighted by Crippen LogP contribution is -2.43. The number of halogens is 1. The minimum atomic E-state index is 0.460. The van der Waals surface area contributed by atoms with Crippen LogP contribution in [0.5, 0.6) is 0 Å². The van der Waals surface area contributed by atoms with Crippen LogP contribution >= 0.6 is 11.6 Å². The molecule has 15 heavy (non-hydrogen) atoms. The van der Waals surface area contributed by atoms with Crippen molar-refractivity contribution in [1.82, 2.24) is 9.88 Å². The lowest BCUT2D eigenvalue weighted by molar-refractivity contribution is 0.00622. The second-order valence-corrected chi connectivity index (χ2v) is 4.29. The molecular weight excluding hydrogens is 212 g/mol. The molecule has 0 saturated carbocycles. The highest BCUT2D eigenvalue weighted by atomic mass is 35.5. The van der Waals surface area contributed by atoms with Crippen molar-refractivity contribution < 1.29 is 4.74 Å². The van der Waals surface area contributed by atoms with Crippen LogP contribution in [0, 0.1) is 0 Å². The number of ether oxygens (including phenoxy) is 1. The summed E-state index contributed by atoms with van der Waals surface area (Å²) in [4.78, 5) is 6.41. The standard InChI is InChI=1S/C11H15ClN2O/c1-14-4-5-15-8-10(14)6-9-2-3-11(12)13-7-9/h2-3,7,10H,4-6,8H2,1H3. The number of pyridine rings is 1. The van der Waals surface area contributed by atoms with E-state index in [9.17, 15) is 0 Å². The minimum absolute atomic E-state index is 0.460. The van der Waals surface area contributed by atoms with Crippen LogP contribution in [0.4, 0.5) is 0 Å². The summed E-state index contributed by atoms with van der Waals surface area (Å²) in [5, 5.41) is 0.548. The molecule has 4 heteroatoms. The Morgan fingerprint density at radius 2 is 2.47 bits per heavy atom. The summed E-state index contributed by atoms with van der Waals surface area (Å²) in [6, 6.07) is 4.32. The van der Waals surface area contributed by atoms with Gasteiger partial charge in [-0.25, -0.2) is 4.98 Å². The normalized spacial score (nSPS) is 22.9. The Kier molecular flexibility index (Phi) is 3.57. The first-order chi connectivity index (χ1) is 7.25. The van der Waals surface area contributed by atoms with E-state index in [1.807, 2.05) is 18.3 Å². The molecule has 82 valence electrons. The van der Waals surface area contributed by atoms with Gasteiger partial charge < -0.3 is 4.74 Å². The van der Waals surface area contributed by atoms with Crippen molar-refractivity contribution in [3.8, 4) is 0 Å². The predicted octanol–water partition coefficient (Wildman–Crippen LogP) is 1.61. The molecular formula is C11H15ClN2O. The van der Waals surface area contributed by atoms with Gasteiger partial charge in [-0.15, -0.1) is 0 Å². The zero-order valence-corrected chi connectivity index (χ0v) is 9.57. The molecule has 0 aromatic carbocycles. The first-order valence-electron chi connectivity index (χ1n) is 5.14. The third kappa shape index (κ3) is 2.91. The van der Waals surface area contributed by atoms with E-state index in [2.05, 4.69) is 16.9 Å². The topological polar surface area (TPSA) is 25.4 Å². The van der Waals surface area contributed by atoms with Gasteiger partial charge in [-0.1, -0.05) is 17.7 Å². The van der Waals surface area contributed by atoms with Crippen molar-refractivity contribution in [2.45, 2.75) is 12.5 Å². The van der Waals surface area contributed by atoms with E-state index in [1.54, 1.807) is 0 Å². The lowest BCUT2D eigenvalue weighted by Gasteiger charge is -2.32. The first kappa shape index (κ1) is 10.9. The van der Waals surface area contributed by atoms with E-state index in [-0.39, 0.29) is 0 Å². The van der Waals surface area contributed by atoms with Gasteiger partial charge in [0.05, 0.1) is 13.2 Å². The number of nitrogens with zero attached hydrogens (tertiary/aromatic N) is 2. The summed E-state index contributed by atoms with van der Waals surface area (Å²) in [6.07, 6.45) is 2.81. The van der Waals surface area contributed by atoms with Crippen LogP contribution in [0.1, 0.15) is 5.56 Å². The Labute approximate surface area is 95.0 Å².